The Hall–Kier alpha value is -0.580. The Bertz CT molecular complexity index is 433. The molecule has 1 aliphatic carbocycles. The Balaban J connectivity index is 1.91. The molecule has 1 aromatic carbocycles. The maximum absolute atomic E-state index is 11.8. The van der Waals surface area contributed by atoms with Gasteiger partial charge in [0.05, 0.1) is 16.7 Å². The normalized spacial score (nSPS) is 23.0. The molecule has 3 nitrogen and oxygen atoms in total. The molecule has 0 aromatic heterocycles. The fourth-order valence-corrected chi connectivity index (χ4v) is 2.63. The topological polar surface area (TPSA) is 49.3 Å². The van der Waals surface area contributed by atoms with Crippen LogP contribution in [0.3, 0.4) is 0 Å². The fourth-order valence-electron chi connectivity index (χ4n) is 1.87. The number of hydrogen-bond acceptors (Lipinski definition) is 2. The molecule has 0 bridgehead atoms. The Labute approximate surface area is 113 Å². The van der Waals surface area contributed by atoms with Crippen molar-refractivity contribution >= 4 is 33.4 Å². The number of aliphatic hydroxyl groups is 1. The highest BCUT2D eigenvalue weighted by molar-refractivity contribution is 9.10. The summed E-state index contributed by atoms with van der Waals surface area (Å²) in [5.74, 6) is 0.229. The van der Waals surface area contributed by atoms with Crippen LogP contribution in [0, 0.1) is 5.92 Å². The van der Waals surface area contributed by atoms with Crippen LogP contribution in [-0.4, -0.2) is 23.7 Å². The van der Waals surface area contributed by atoms with E-state index in [1.54, 1.807) is 18.2 Å². The molecule has 0 atom stereocenters. The Morgan fingerprint density at radius 2 is 2.24 bits per heavy atom. The summed E-state index contributed by atoms with van der Waals surface area (Å²) < 4.78 is 0.848. The predicted molar refractivity (Wildman–Crippen MR) is 70.2 cm³/mol. The Kier molecular flexibility index (Phi) is 4.07. The van der Waals surface area contributed by atoms with Gasteiger partial charge in [-0.15, -0.1) is 0 Å². The van der Waals surface area contributed by atoms with Crippen molar-refractivity contribution in [3.8, 4) is 0 Å². The van der Waals surface area contributed by atoms with E-state index < -0.39 is 0 Å². The minimum atomic E-state index is -0.187. The SMILES string of the molecule is O=C(NCC1CC(O)C1)c1ccc(Br)cc1Cl. The zero-order valence-corrected chi connectivity index (χ0v) is 11.5. The first-order chi connectivity index (χ1) is 8.06. The lowest BCUT2D eigenvalue weighted by Crippen LogP contribution is -2.38. The van der Waals surface area contributed by atoms with Crippen molar-refractivity contribution in [1.82, 2.24) is 5.32 Å². The standard InChI is InChI=1S/C12H13BrClNO2/c13-8-1-2-10(11(14)5-8)12(17)15-6-7-3-9(16)4-7/h1-2,5,7,9,16H,3-4,6H2,(H,15,17). The van der Waals surface area contributed by atoms with Crippen LogP contribution in [0.15, 0.2) is 22.7 Å². The van der Waals surface area contributed by atoms with E-state index in [0.29, 0.717) is 23.0 Å². The van der Waals surface area contributed by atoms with Gasteiger partial charge in [0, 0.05) is 11.0 Å². The summed E-state index contributed by atoms with van der Waals surface area (Å²) in [6, 6.07) is 5.18. The van der Waals surface area contributed by atoms with E-state index in [1.165, 1.54) is 0 Å². The highest BCUT2D eigenvalue weighted by atomic mass is 79.9. The van der Waals surface area contributed by atoms with Crippen LogP contribution in [0.2, 0.25) is 5.02 Å². The van der Waals surface area contributed by atoms with Gasteiger partial charge in [-0.2, -0.15) is 0 Å². The van der Waals surface area contributed by atoms with Gasteiger partial charge in [-0.05, 0) is 37.0 Å². The second kappa shape index (κ2) is 5.38. The third-order valence-electron chi connectivity index (χ3n) is 2.94. The number of aliphatic hydroxyl groups excluding tert-OH is 1. The molecule has 0 aliphatic heterocycles. The molecule has 2 N–H and O–H groups in total. The number of halogens is 2. The molecular formula is C12H13BrClNO2. The van der Waals surface area contributed by atoms with Gasteiger partial charge < -0.3 is 10.4 Å². The molecule has 2 rings (SSSR count). The third-order valence-corrected chi connectivity index (χ3v) is 3.74. The summed E-state index contributed by atoms with van der Waals surface area (Å²) in [6.07, 6.45) is 1.36. The molecule has 1 aliphatic rings. The first kappa shape index (κ1) is 12.9. The molecule has 0 saturated heterocycles. The number of amides is 1. The maximum Gasteiger partial charge on any atom is 0.252 e. The molecule has 1 aromatic rings. The van der Waals surface area contributed by atoms with Crippen molar-refractivity contribution in [2.45, 2.75) is 18.9 Å². The summed E-state index contributed by atoms with van der Waals surface area (Å²) in [5.41, 5.74) is 0.481. The average Bonchev–Trinajstić information content (AvgIpc) is 2.22. The van der Waals surface area contributed by atoms with E-state index in [-0.39, 0.29) is 12.0 Å². The Morgan fingerprint density at radius 1 is 1.53 bits per heavy atom. The summed E-state index contributed by atoms with van der Waals surface area (Å²) in [7, 11) is 0. The van der Waals surface area contributed by atoms with Crippen molar-refractivity contribution in [3.05, 3.63) is 33.3 Å². The van der Waals surface area contributed by atoms with E-state index in [4.69, 9.17) is 16.7 Å². The van der Waals surface area contributed by atoms with Gasteiger partial charge in [-0.1, -0.05) is 27.5 Å². The quantitative estimate of drug-likeness (QED) is 0.900. The van der Waals surface area contributed by atoms with Crippen molar-refractivity contribution in [1.29, 1.82) is 0 Å². The highest BCUT2D eigenvalue weighted by Crippen LogP contribution is 2.26. The van der Waals surface area contributed by atoms with E-state index in [9.17, 15) is 4.79 Å². The minimum Gasteiger partial charge on any atom is -0.393 e. The van der Waals surface area contributed by atoms with Crippen molar-refractivity contribution in [2.75, 3.05) is 6.54 Å². The Morgan fingerprint density at radius 3 is 2.82 bits per heavy atom. The molecule has 1 fully saturated rings. The lowest BCUT2D eigenvalue weighted by atomic mass is 9.82. The van der Waals surface area contributed by atoms with E-state index in [0.717, 1.165) is 17.3 Å². The first-order valence-corrected chi connectivity index (χ1v) is 6.64. The average molecular weight is 319 g/mol. The molecule has 1 saturated carbocycles. The molecular weight excluding hydrogens is 305 g/mol. The van der Waals surface area contributed by atoms with Gasteiger partial charge in [0.2, 0.25) is 0 Å². The van der Waals surface area contributed by atoms with E-state index >= 15 is 0 Å². The summed E-state index contributed by atoms with van der Waals surface area (Å²) in [4.78, 5) is 11.8. The zero-order valence-electron chi connectivity index (χ0n) is 9.12. The number of nitrogens with one attached hydrogen (secondary N) is 1. The largest absolute Gasteiger partial charge is 0.393 e. The van der Waals surface area contributed by atoms with Crippen molar-refractivity contribution in [3.63, 3.8) is 0 Å². The van der Waals surface area contributed by atoms with E-state index in [2.05, 4.69) is 21.2 Å². The lowest BCUT2D eigenvalue weighted by Gasteiger charge is -2.31. The summed E-state index contributed by atoms with van der Waals surface area (Å²) in [5, 5.41) is 12.4. The van der Waals surface area contributed by atoms with Crippen LogP contribution in [0.25, 0.3) is 0 Å². The minimum absolute atomic E-state index is 0.163. The van der Waals surface area contributed by atoms with Gasteiger partial charge in [0.15, 0.2) is 0 Å². The van der Waals surface area contributed by atoms with Crippen molar-refractivity contribution < 1.29 is 9.90 Å². The van der Waals surface area contributed by atoms with Crippen LogP contribution in [0.4, 0.5) is 0 Å². The summed E-state index contributed by atoms with van der Waals surface area (Å²) >= 11 is 9.27. The highest BCUT2D eigenvalue weighted by Gasteiger charge is 2.27. The number of rotatable bonds is 3. The number of carbonyl (C=O) groups is 1. The van der Waals surface area contributed by atoms with Crippen LogP contribution in [-0.2, 0) is 0 Å². The molecule has 0 heterocycles. The van der Waals surface area contributed by atoms with Gasteiger partial charge in [0.1, 0.15) is 0 Å². The second-order valence-electron chi connectivity index (χ2n) is 4.33. The molecule has 1 amide bonds. The summed E-state index contributed by atoms with van der Waals surface area (Å²) in [6.45, 7) is 0.599. The monoisotopic (exact) mass is 317 g/mol. The molecule has 0 spiro atoms. The number of benzene rings is 1. The smallest absolute Gasteiger partial charge is 0.252 e. The molecule has 5 heteroatoms. The zero-order chi connectivity index (χ0) is 12.4. The first-order valence-electron chi connectivity index (χ1n) is 5.47. The van der Waals surface area contributed by atoms with Gasteiger partial charge >= 0.3 is 0 Å². The molecule has 17 heavy (non-hydrogen) atoms. The second-order valence-corrected chi connectivity index (χ2v) is 5.65. The fraction of sp³-hybridized carbons (Fsp3) is 0.417. The van der Waals surface area contributed by atoms with Crippen molar-refractivity contribution in [2.24, 2.45) is 5.92 Å². The van der Waals surface area contributed by atoms with Crippen LogP contribution >= 0.6 is 27.5 Å². The number of hydrogen-bond donors (Lipinski definition) is 2. The van der Waals surface area contributed by atoms with Crippen LogP contribution < -0.4 is 5.32 Å². The number of carbonyl (C=O) groups excluding carboxylic acids is 1. The lowest BCUT2D eigenvalue weighted by molar-refractivity contribution is 0.0420. The van der Waals surface area contributed by atoms with Gasteiger partial charge in [-0.3, -0.25) is 4.79 Å². The third kappa shape index (κ3) is 3.21. The molecule has 92 valence electrons. The molecule has 0 unspecified atom stereocenters. The predicted octanol–water partition coefficient (Wildman–Crippen LogP) is 2.60. The van der Waals surface area contributed by atoms with Crippen LogP contribution in [0.5, 0.6) is 0 Å². The van der Waals surface area contributed by atoms with E-state index in [1.807, 2.05) is 0 Å². The van der Waals surface area contributed by atoms with Gasteiger partial charge in [0.25, 0.3) is 5.91 Å². The van der Waals surface area contributed by atoms with Crippen LogP contribution in [0.1, 0.15) is 23.2 Å². The van der Waals surface area contributed by atoms with Gasteiger partial charge in [-0.25, -0.2) is 0 Å². The molecule has 0 radical (unpaired) electrons. The maximum atomic E-state index is 11.8.